The zero-order valence-corrected chi connectivity index (χ0v) is 31.1. The van der Waals surface area contributed by atoms with Gasteiger partial charge in [0.25, 0.3) is 0 Å². The Hall–Kier alpha value is -3.88. The van der Waals surface area contributed by atoms with E-state index >= 15 is 0 Å². The number of hydrogen-bond donors (Lipinski definition) is 1. The smallest absolute Gasteiger partial charge is 0.354 e. The molecule has 51 heavy (non-hydrogen) atoms. The maximum atomic E-state index is 14.6. The first-order chi connectivity index (χ1) is 24.6. The number of amides is 1. The lowest BCUT2D eigenvalue weighted by molar-refractivity contribution is -0.145. The zero-order valence-electron chi connectivity index (χ0n) is 29.6. The van der Waals surface area contributed by atoms with Gasteiger partial charge in [-0.05, 0) is 118 Å². The van der Waals surface area contributed by atoms with E-state index in [1.54, 1.807) is 0 Å². The molecule has 7 rings (SSSR count). The summed E-state index contributed by atoms with van der Waals surface area (Å²) in [6.07, 6.45) is 7.57. The molecule has 2 fully saturated rings. The van der Waals surface area contributed by atoms with Gasteiger partial charge in [0.15, 0.2) is 5.69 Å². The number of piperidine rings is 1. The number of aromatic carboxylic acids is 1. The Kier molecular flexibility index (Phi) is 10.4. The summed E-state index contributed by atoms with van der Waals surface area (Å²) in [5.41, 5.74) is 4.43. The number of aryl methyl sites for hydroxylation is 4. The molecular weight excluding hydrogens is 685 g/mol. The van der Waals surface area contributed by atoms with Crippen molar-refractivity contribution in [2.45, 2.75) is 84.2 Å². The minimum absolute atomic E-state index is 0.0651. The Bertz CT molecular complexity index is 1910. The van der Waals surface area contributed by atoms with Crippen LogP contribution in [-0.2, 0) is 17.8 Å². The number of benzene rings is 3. The SMILES string of the molecule is Cc1cc(OCCCn2c(C(=O)O)c(N3CCC4(CCCCc5ccccc5OC[C@H]5CCCN5C4=O)CC3)c3cc(Cl)ccc32)cc(C)c1Cl. The molecule has 3 aliphatic heterocycles. The number of rotatable bonds is 7. The van der Waals surface area contributed by atoms with Crippen molar-refractivity contribution in [3.63, 3.8) is 0 Å². The molecule has 0 aliphatic carbocycles. The third kappa shape index (κ3) is 7.14. The zero-order chi connectivity index (χ0) is 35.7. The molecule has 270 valence electrons. The van der Waals surface area contributed by atoms with Gasteiger partial charge in [-0.3, -0.25) is 4.79 Å². The summed E-state index contributed by atoms with van der Waals surface area (Å²) < 4.78 is 14.3. The highest BCUT2D eigenvalue weighted by Gasteiger charge is 2.46. The van der Waals surface area contributed by atoms with Crippen LogP contribution in [0.2, 0.25) is 10.0 Å². The van der Waals surface area contributed by atoms with Gasteiger partial charge < -0.3 is 28.9 Å². The number of carboxylic acid groups (broad SMARTS) is 1. The second kappa shape index (κ2) is 15.0. The molecule has 1 N–H and O–H groups in total. The van der Waals surface area contributed by atoms with E-state index in [0.29, 0.717) is 62.8 Å². The molecule has 1 amide bonds. The molecule has 1 spiro atoms. The molecule has 0 unspecified atom stereocenters. The number of carbonyl (C=O) groups excluding carboxylic acids is 1. The normalized spacial score (nSPS) is 19.3. The van der Waals surface area contributed by atoms with E-state index in [1.165, 1.54) is 5.56 Å². The van der Waals surface area contributed by atoms with Gasteiger partial charge in [0.05, 0.1) is 29.3 Å². The highest BCUT2D eigenvalue weighted by atomic mass is 35.5. The Labute approximate surface area is 310 Å². The largest absolute Gasteiger partial charge is 0.494 e. The summed E-state index contributed by atoms with van der Waals surface area (Å²) in [5.74, 6) is 0.953. The second-order valence-electron chi connectivity index (χ2n) is 14.6. The average molecular weight is 733 g/mol. The van der Waals surface area contributed by atoms with Crippen LogP contribution in [0.5, 0.6) is 11.5 Å². The minimum Gasteiger partial charge on any atom is -0.494 e. The molecule has 0 bridgehead atoms. The Morgan fingerprint density at radius 1 is 0.980 bits per heavy atom. The summed E-state index contributed by atoms with van der Waals surface area (Å²) in [6, 6.07) is 17.8. The average Bonchev–Trinajstić information content (AvgIpc) is 3.72. The molecule has 0 radical (unpaired) electrons. The van der Waals surface area contributed by atoms with Crippen molar-refractivity contribution in [3.8, 4) is 11.5 Å². The van der Waals surface area contributed by atoms with E-state index in [0.717, 1.165) is 83.6 Å². The first-order valence-corrected chi connectivity index (χ1v) is 19.1. The number of carbonyl (C=O) groups is 2. The van der Waals surface area contributed by atoms with Crippen LogP contribution in [0.15, 0.2) is 54.6 Å². The van der Waals surface area contributed by atoms with Crippen molar-refractivity contribution in [1.82, 2.24) is 9.47 Å². The molecule has 4 aromatic rings. The van der Waals surface area contributed by atoms with Gasteiger partial charge in [0.1, 0.15) is 18.1 Å². The fraction of sp³-hybridized carbons (Fsp3) is 0.463. The van der Waals surface area contributed by atoms with Crippen molar-refractivity contribution >= 4 is 51.7 Å². The Morgan fingerprint density at radius 3 is 2.51 bits per heavy atom. The van der Waals surface area contributed by atoms with Crippen LogP contribution < -0.4 is 14.4 Å². The van der Waals surface area contributed by atoms with E-state index in [2.05, 4.69) is 21.9 Å². The lowest BCUT2D eigenvalue weighted by Crippen LogP contribution is -2.52. The number of para-hydroxylation sites is 1. The van der Waals surface area contributed by atoms with Crippen molar-refractivity contribution in [1.29, 1.82) is 0 Å². The summed E-state index contributed by atoms with van der Waals surface area (Å²) >= 11 is 12.9. The number of anilines is 1. The number of ether oxygens (including phenoxy) is 2. The monoisotopic (exact) mass is 731 g/mol. The number of nitrogens with zero attached hydrogens (tertiary/aromatic N) is 3. The number of aromatic nitrogens is 1. The number of hydrogen-bond acceptors (Lipinski definition) is 5. The molecule has 1 aromatic heterocycles. The molecular formula is C41H47Cl2N3O5. The third-order valence-corrected chi connectivity index (χ3v) is 12.1. The maximum Gasteiger partial charge on any atom is 0.354 e. The quantitative estimate of drug-likeness (QED) is 0.191. The molecule has 3 aliphatic rings. The van der Waals surface area contributed by atoms with E-state index in [4.69, 9.17) is 32.7 Å². The van der Waals surface area contributed by atoms with Crippen molar-refractivity contribution in [2.75, 3.05) is 37.7 Å². The van der Waals surface area contributed by atoms with E-state index in [9.17, 15) is 14.7 Å². The highest BCUT2D eigenvalue weighted by Crippen LogP contribution is 2.45. The predicted molar refractivity (Wildman–Crippen MR) is 203 cm³/mol. The predicted octanol–water partition coefficient (Wildman–Crippen LogP) is 9.12. The van der Waals surface area contributed by atoms with E-state index in [1.807, 2.05) is 60.9 Å². The van der Waals surface area contributed by atoms with Crippen LogP contribution in [-0.4, -0.2) is 65.3 Å². The van der Waals surface area contributed by atoms with Crippen LogP contribution in [0.3, 0.4) is 0 Å². The Balaban J connectivity index is 1.13. The van der Waals surface area contributed by atoms with E-state index in [-0.39, 0.29) is 17.6 Å². The number of carboxylic acids is 1. The van der Waals surface area contributed by atoms with E-state index < -0.39 is 11.4 Å². The molecule has 3 aromatic carbocycles. The van der Waals surface area contributed by atoms with Crippen molar-refractivity contribution in [2.24, 2.45) is 5.41 Å². The number of halogens is 2. The van der Waals surface area contributed by atoms with Gasteiger partial charge in [0, 0.05) is 41.6 Å². The molecule has 1 atom stereocenters. The van der Waals surface area contributed by atoms with Gasteiger partial charge in [0.2, 0.25) is 5.91 Å². The molecule has 2 saturated heterocycles. The third-order valence-electron chi connectivity index (χ3n) is 11.3. The fourth-order valence-corrected chi connectivity index (χ4v) is 8.89. The van der Waals surface area contributed by atoms with Crippen LogP contribution >= 0.6 is 23.2 Å². The summed E-state index contributed by atoms with van der Waals surface area (Å²) in [6.45, 7) is 7.25. The van der Waals surface area contributed by atoms with Gasteiger partial charge in [-0.2, -0.15) is 0 Å². The lowest BCUT2D eigenvalue weighted by Gasteiger charge is -2.44. The molecule has 4 heterocycles. The topological polar surface area (TPSA) is 84.2 Å². The number of fused-ring (bicyclic) bond motifs is 3. The standard InChI is InChI=1S/C41H47Cl2N3O5/c1-27-23-32(24-28(2)36(27)43)50-22-8-19-46-34-14-13-30(42)25-33(34)37(38(46)39(47)48)44-20-16-41(17-21-44)15-6-5-10-29-9-3-4-12-35(29)51-26-31-11-7-18-45(31)40(41)49/h3-4,9,12-14,23-25,31H,5-8,10-11,15-22,26H2,1-2H3,(H,47,48)/t31-/m1/s1. The second-order valence-corrected chi connectivity index (χ2v) is 15.4. The first-order valence-electron chi connectivity index (χ1n) is 18.4. The van der Waals surface area contributed by atoms with Gasteiger partial charge >= 0.3 is 5.97 Å². The Morgan fingerprint density at radius 2 is 1.75 bits per heavy atom. The lowest BCUT2D eigenvalue weighted by atomic mass is 9.72. The van der Waals surface area contributed by atoms with Crippen LogP contribution in [0.4, 0.5) is 5.69 Å². The summed E-state index contributed by atoms with van der Waals surface area (Å²) in [7, 11) is 0. The molecule has 0 saturated carbocycles. The maximum absolute atomic E-state index is 14.6. The van der Waals surface area contributed by atoms with Crippen LogP contribution in [0.25, 0.3) is 10.9 Å². The van der Waals surface area contributed by atoms with Crippen molar-refractivity contribution in [3.05, 3.63) is 87.0 Å². The molecule has 10 heteroatoms. The summed E-state index contributed by atoms with van der Waals surface area (Å²) in [5, 5.41) is 12.8. The van der Waals surface area contributed by atoms with Gasteiger partial charge in [-0.1, -0.05) is 47.8 Å². The molecule has 8 nitrogen and oxygen atoms in total. The van der Waals surface area contributed by atoms with Crippen LogP contribution in [0.1, 0.15) is 78.5 Å². The van der Waals surface area contributed by atoms with Gasteiger partial charge in [-0.25, -0.2) is 4.79 Å². The minimum atomic E-state index is -0.982. The first kappa shape index (κ1) is 35.5. The van der Waals surface area contributed by atoms with Gasteiger partial charge in [-0.15, -0.1) is 0 Å². The summed E-state index contributed by atoms with van der Waals surface area (Å²) in [4.78, 5) is 31.9. The highest BCUT2D eigenvalue weighted by molar-refractivity contribution is 6.32. The van der Waals surface area contributed by atoms with Crippen molar-refractivity contribution < 1.29 is 24.2 Å². The van der Waals surface area contributed by atoms with Crippen LogP contribution in [0, 0.1) is 19.3 Å². The fourth-order valence-electron chi connectivity index (χ4n) is 8.61.